The average Bonchev–Trinajstić information content (AvgIpc) is 2.85. The molecule has 3 N–H and O–H groups in total. The van der Waals surface area contributed by atoms with E-state index in [4.69, 9.17) is 4.74 Å². The zero-order valence-electron chi connectivity index (χ0n) is 18.8. The molecule has 0 radical (unpaired) electrons. The van der Waals surface area contributed by atoms with Gasteiger partial charge in [-0.1, -0.05) is 18.2 Å². The lowest BCUT2D eigenvalue weighted by Crippen LogP contribution is -2.48. The van der Waals surface area contributed by atoms with Crippen LogP contribution in [0, 0.1) is 10.5 Å². The Morgan fingerprint density at radius 3 is 2.34 bits per heavy atom. The van der Waals surface area contributed by atoms with E-state index in [-0.39, 0.29) is 17.9 Å². The summed E-state index contributed by atoms with van der Waals surface area (Å²) < 4.78 is 34.5. The fourth-order valence-corrected chi connectivity index (χ4v) is 5.14. The molecule has 0 aliphatic rings. The number of hydrogen-bond acceptors (Lipinski definition) is 7. The van der Waals surface area contributed by atoms with Crippen LogP contribution in [0.2, 0.25) is 0 Å². The smallest absolute Gasteiger partial charge is 0.328 e. The normalized spacial score (nSPS) is 12.4. The van der Waals surface area contributed by atoms with Crippen LogP contribution >= 0.6 is 22.6 Å². The Balaban J connectivity index is 1.83. The van der Waals surface area contributed by atoms with E-state index < -0.39 is 33.2 Å². The third-order valence-corrected chi connectivity index (χ3v) is 8.50. The van der Waals surface area contributed by atoms with E-state index in [2.05, 4.69) is 4.98 Å². The summed E-state index contributed by atoms with van der Waals surface area (Å²) in [7, 11) is -2.96. The molecular formula is C22H23IN4O7S. The van der Waals surface area contributed by atoms with Gasteiger partial charge in [0.1, 0.15) is 17.5 Å². The summed E-state index contributed by atoms with van der Waals surface area (Å²) in [5.74, 6) is 0.0391. The number of rotatable bonds is 9. The van der Waals surface area contributed by atoms with Crippen LogP contribution in [0.4, 0.5) is 0 Å². The highest BCUT2D eigenvalue weighted by atomic mass is 127. The Bertz CT molecular complexity index is 1420. The van der Waals surface area contributed by atoms with Crippen molar-refractivity contribution in [3.63, 3.8) is 0 Å². The van der Waals surface area contributed by atoms with Crippen molar-refractivity contribution in [2.45, 2.75) is 30.8 Å². The fourth-order valence-electron chi connectivity index (χ4n) is 3.37. The van der Waals surface area contributed by atoms with Gasteiger partial charge in [0, 0.05) is 19.3 Å². The third-order valence-electron chi connectivity index (χ3n) is 5.35. The SMILES string of the molecule is Cc1c(I)c(=O)[nH]c(=O)n1CCC(C(=O)NO)N(C)S(=O)(=O)c1ccc(Oc2ccccc2)cc1. The molecule has 0 aliphatic heterocycles. The fraction of sp³-hybridized carbons (Fsp3) is 0.227. The number of ether oxygens (including phenoxy) is 1. The Labute approximate surface area is 214 Å². The first-order chi connectivity index (χ1) is 16.6. The maximum absolute atomic E-state index is 13.2. The quantitative estimate of drug-likeness (QED) is 0.189. The summed E-state index contributed by atoms with van der Waals surface area (Å²) >= 11 is 1.79. The zero-order valence-corrected chi connectivity index (χ0v) is 21.7. The van der Waals surface area contributed by atoms with Gasteiger partial charge in [-0.25, -0.2) is 18.7 Å². The van der Waals surface area contributed by atoms with E-state index in [1.807, 2.05) is 6.07 Å². The molecule has 0 aliphatic carbocycles. The number of likely N-dealkylation sites (N-methyl/N-ethyl adjacent to an activating group) is 1. The van der Waals surface area contributed by atoms with E-state index in [1.165, 1.54) is 41.4 Å². The van der Waals surface area contributed by atoms with Gasteiger partial charge in [-0.15, -0.1) is 0 Å². The van der Waals surface area contributed by atoms with Crippen molar-refractivity contribution in [2.24, 2.45) is 0 Å². The highest BCUT2D eigenvalue weighted by Crippen LogP contribution is 2.25. The van der Waals surface area contributed by atoms with Gasteiger partial charge >= 0.3 is 5.69 Å². The Morgan fingerprint density at radius 1 is 1.14 bits per heavy atom. The van der Waals surface area contributed by atoms with Crippen molar-refractivity contribution in [3.05, 3.63) is 84.7 Å². The number of carbonyl (C=O) groups excluding carboxylic acids is 1. The molecule has 13 heteroatoms. The van der Waals surface area contributed by atoms with Crippen LogP contribution in [0.25, 0.3) is 0 Å². The van der Waals surface area contributed by atoms with Gasteiger partial charge in [0.25, 0.3) is 11.5 Å². The summed E-state index contributed by atoms with van der Waals surface area (Å²) in [6.45, 7) is 1.48. The number of hydroxylamine groups is 1. The molecule has 1 unspecified atom stereocenters. The maximum atomic E-state index is 13.2. The first kappa shape index (κ1) is 26.6. The van der Waals surface area contributed by atoms with Gasteiger partial charge in [-0.3, -0.25) is 24.3 Å². The van der Waals surface area contributed by atoms with Crippen molar-refractivity contribution in [3.8, 4) is 11.5 Å². The standard InChI is InChI=1S/C22H23IN4O7S/c1-14-19(23)21(29)24-22(30)27(14)13-12-18(20(28)25-31)26(2)35(32,33)17-10-8-16(9-11-17)34-15-6-4-3-5-7-15/h3-11,18,31H,12-13H2,1-2H3,(H,25,28)(H,24,29,30). The molecule has 1 aromatic heterocycles. The number of nitrogens with zero attached hydrogens (tertiary/aromatic N) is 2. The molecule has 0 saturated heterocycles. The van der Waals surface area contributed by atoms with Gasteiger partial charge in [-0.05, 0) is 72.3 Å². The van der Waals surface area contributed by atoms with Crippen LogP contribution in [0.15, 0.2) is 69.1 Å². The lowest BCUT2D eigenvalue weighted by Gasteiger charge is -2.26. The highest BCUT2D eigenvalue weighted by molar-refractivity contribution is 14.1. The van der Waals surface area contributed by atoms with Gasteiger partial charge < -0.3 is 4.74 Å². The van der Waals surface area contributed by atoms with E-state index in [1.54, 1.807) is 53.8 Å². The minimum atomic E-state index is -4.16. The van der Waals surface area contributed by atoms with Crippen LogP contribution in [0.5, 0.6) is 11.5 Å². The first-order valence-electron chi connectivity index (χ1n) is 10.3. The van der Waals surface area contributed by atoms with Crippen LogP contribution in [0.1, 0.15) is 12.1 Å². The molecule has 1 amide bonds. The number of para-hydroxylation sites is 1. The van der Waals surface area contributed by atoms with Crippen LogP contribution in [-0.4, -0.2) is 46.5 Å². The molecule has 3 aromatic rings. The number of amides is 1. The van der Waals surface area contributed by atoms with Crippen LogP contribution in [0.3, 0.4) is 0 Å². The molecule has 0 spiro atoms. The minimum absolute atomic E-state index is 0.0841. The number of benzene rings is 2. The van der Waals surface area contributed by atoms with Gasteiger partial charge in [0.05, 0.1) is 8.47 Å². The average molecular weight is 614 g/mol. The second-order valence-corrected chi connectivity index (χ2v) is 10.6. The molecular weight excluding hydrogens is 591 g/mol. The summed E-state index contributed by atoms with van der Waals surface area (Å²) in [5, 5.41) is 9.20. The van der Waals surface area contributed by atoms with E-state index in [0.29, 0.717) is 20.8 Å². The molecule has 11 nitrogen and oxygen atoms in total. The molecule has 1 atom stereocenters. The molecule has 2 aromatic carbocycles. The number of hydrogen-bond donors (Lipinski definition) is 3. The lowest BCUT2D eigenvalue weighted by molar-refractivity contribution is -0.133. The number of carbonyl (C=O) groups is 1. The second kappa shape index (κ2) is 11.2. The second-order valence-electron chi connectivity index (χ2n) is 7.50. The Morgan fingerprint density at radius 2 is 1.74 bits per heavy atom. The topological polar surface area (TPSA) is 151 Å². The predicted molar refractivity (Wildman–Crippen MR) is 135 cm³/mol. The highest BCUT2D eigenvalue weighted by Gasteiger charge is 2.33. The third kappa shape index (κ3) is 5.98. The lowest BCUT2D eigenvalue weighted by atomic mass is 10.2. The summed E-state index contributed by atoms with van der Waals surface area (Å²) in [5.41, 5.74) is 0.639. The first-order valence-corrected chi connectivity index (χ1v) is 12.8. The molecule has 186 valence electrons. The monoisotopic (exact) mass is 614 g/mol. The summed E-state index contributed by atoms with van der Waals surface area (Å²) in [6, 6.07) is 13.3. The number of aromatic amines is 1. The molecule has 0 saturated carbocycles. The van der Waals surface area contributed by atoms with E-state index in [0.717, 1.165) is 4.31 Å². The van der Waals surface area contributed by atoms with Crippen LogP contribution < -0.4 is 21.5 Å². The maximum Gasteiger partial charge on any atom is 0.328 e. The van der Waals surface area contributed by atoms with Crippen molar-refractivity contribution in [2.75, 3.05) is 7.05 Å². The number of sulfonamides is 1. The number of halogens is 1. The zero-order chi connectivity index (χ0) is 25.8. The molecule has 0 fully saturated rings. The van der Waals surface area contributed by atoms with Gasteiger partial charge in [0.15, 0.2) is 0 Å². The number of H-pyrrole nitrogens is 1. The van der Waals surface area contributed by atoms with Crippen molar-refractivity contribution in [1.82, 2.24) is 19.3 Å². The van der Waals surface area contributed by atoms with Crippen molar-refractivity contribution < 1.29 is 23.2 Å². The van der Waals surface area contributed by atoms with Gasteiger partial charge in [0.2, 0.25) is 10.0 Å². The Kier molecular flexibility index (Phi) is 8.47. The summed E-state index contributed by atoms with van der Waals surface area (Å²) in [6.07, 6.45) is -0.153. The van der Waals surface area contributed by atoms with Crippen molar-refractivity contribution in [1.29, 1.82) is 0 Å². The molecule has 0 bridgehead atoms. The van der Waals surface area contributed by atoms with E-state index >= 15 is 0 Å². The minimum Gasteiger partial charge on any atom is -0.457 e. The molecule has 35 heavy (non-hydrogen) atoms. The molecule has 3 rings (SSSR count). The van der Waals surface area contributed by atoms with E-state index in [9.17, 15) is 28.0 Å². The number of aromatic nitrogens is 2. The largest absolute Gasteiger partial charge is 0.457 e. The van der Waals surface area contributed by atoms with Gasteiger partial charge in [-0.2, -0.15) is 4.31 Å². The predicted octanol–water partition coefficient (Wildman–Crippen LogP) is 1.83. The Hall–Kier alpha value is -3.01. The molecule has 1 heterocycles. The number of nitrogens with one attached hydrogen (secondary N) is 2. The summed E-state index contributed by atoms with van der Waals surface area (Å²) in [4.78, 5) is 38.4. The van der Waals surface area contributed by atoms with Crippen LogP contribution in [-0.2, 0) is 21.4 Å². The van der Waals surface area contributed by atoms with Crippen molar-refractivity contribution >= 4 is 38.5 Å².